The van der Waals surface area contributed by atoms with Gasteiger partial charge in [-0.2, -0.15) is 0 Å². The van der Waals surface area contributed by atoms with Gasteiger partial charge in [0, 0.05) is 19.6 Å². The van der Waals surface area contributed by atoms with Crippen molar-refractivity contribution in [1.82, 2.24) is 9.80 Å². The van der Waals surface area contributed by atoms with Crippen LogP contribution in [0, 0.1) is 5.41 Å². The minimum atomic E-state index is -1.07. The number of piperidine rings is 2. The third-order valence-corrected chi connectivity index (χ3v) is 8.10. The van der Waals surface area contributed by atoms with E-state index < -0.39 is 12.6 Å². The van der Waals surface area contributed by atoms with Gasteiger partial charge in [-0.25, -0.2) is 4.79 Å². The lowest BCUT2D eigenvalue weighted by Gasteiger charge is -2.47. The number of hydrogen-bond acceptors (Lipinski definition) is 6. The number of carbonyl (C=O) groups excluding carboxylic acids is 1. The molecule has 2 aliphatic rings. The summed E-state index contributed by atoms with van der Waals surface area (Å²) < 4.78 is 16.9. The van der Waals surface area contributed by atoms with E-state index in [1.165, 1.54) is 5.56 Å². The zero-order chi connectivity index (χ0) is 28.0. The van der Waals surface area contributed by atoms with Crippen LogP contribution in [0.3, 0.4) is 0 Å². The van der Waals surface area contributed by atoms with E-state index in [1.807, 2.05) is 41.3 Å². The molecule has 8 heteroatoms. The molecule has 1 spiro atoms. The van der Waals surface area contributed by atoms with Crippen molar-refractivity contribution in [2.45, 2.75) is 32.2 Å². The smallest absolute Gasteiger partial charge is 0.341 e. The van der Waals surface area contributed by atoms with Crippen LogP contribution in [0.5, 0.6) is 23.0 Å². The SMILES string of the molecule is COc1ccccc1Oc1cccc(CN2CCC3(CC2)CCN(C(=O)c2ccccc2OCC(=O)O)CC3)c1. The molecular formula is C32H36N2O6. The van der Waals surface area contributed by atoms with E-state index in [0.29, 0.717) is 35.9 Å². The first-order valence-electron chi connectivity index (χ1n) is 13.8. The molecular weight excluding hydrogens is 508 g/mol. The highest BCUT2D eigenvalue weighted by molar-refractivity contribution is 5.97. The maximum absolute atomic E-state index is 13.2. The molecule has 2 fully saturated rings. The second kappa shape index (κ2) is 12.4. The largest absolute Gasteiger partial charge is 0.493 e. The average molecular weight is 545 g/mol. The van der Waals surface area contributed by atoms with Gasteiger partial charge in [-0.15, -0.1) is 0 Å². The Hall–Kier alpha value is -4.04. The van der Waals surface area contributed by atoms with Gasteiger partial charge in [0.25, 0.3) is 5.91 Å². The predicted molar refractivity (Wildman–Crippen MR) is 151 cm³/mol. The van der Waals surface area contributed by atoms with Crippen LogP contribution in [0.2, 0.25) is 0 Å². The minimum absolute atomic E-state index is 0.0940. The number of carboxylic acids is 1. The average Bonchev–Trinajstić information content (AvgIpc) is 2.98. The van der Waals surface area contributed by atoms with Crippen molar-refractivity contribution in [2.75, 3.05) is 39.9 Å². The lowest BCUT2D eigenvalue weighted by molar-refractivity contribution is -0.139. The second-order valence-corrected chi connectivity index (χ2v) is 10.6. The highest BCUT2D eigenvalue weighted by Gasteiger charge is 2.39. The molecule has 210 valence electrons. The molecule has 0 aromatic heterocycles. The molecule has 0 saturated carbocycles. The minimum Gasteiger partial charge on any atom is -0.493 e. The molecule has 3 aromatic rings. The number of benzene rings is 3. The molecule has 8 nitrogen and oxygen atoms in total. The summed E-state index contributed by atoms with van der Waals surface area (Å²) in [4.78, 5) is 28.6. The number of carbonyl (C=O) groups is 2. The standard InChI is InChI=1S/C32H36N2O6/c1-38-28-11-4-5-12-29(28)40-25-8-6-7-24(21-25)22-33-17-13-32(14-18-33)15-19-34(20-16-32)31(37)26-9-2-3-10-27(26)39-23-30(35)36/h2-12,21H,13-20,22-23H2,1H3,(H,35,36). The van der Waals surface area contributed by atoms with Gasteiger partial charge >= 0.3 is 5.97 Å². The van der Waals surface area contributed by atoms with Gasteiger partial charge in [0.2, 0.25) is 0 Å². The van der Waals surface area contributed by atoms with Gasteiger partial charge in [-0.05, 0) is 86.1 Å². The molecule has 2 saturated heterocycles. The van der Waals surface area contributed by atoms with Gasteiger partial charge < -0.3 is 24.2 Å². The molecule has 2 heterocycles. The maximum atomic E-state index is 13.2. The van der Waals surface area contributed by atoms with Crippen molar-refractivity contribution in [3.8, 4) is 23.0 Å². The van der Waals surface area contributed by atoms with Crippen molar-refractivity contribution >= 4 is 11.9 Å². The van der Waals surface area contributed by atoms with Crippen molar-refractivity contribution in [3.63, 3.8) is 0 Å². The third-order valence-electron chi connectivity index (χ3n) is 8.10. The lowest BCUT2D eigenvalue weighted by Crippen LogP contribution is -2.48. The van der Waals surface area contributed by atoms with Crippen molar-refractivity contribution in [1.29, 1.82) is 0 Å². The summed E-state index contributed by atoms with van der Waals surface area (Å²) in [7, 11) is 1.64. The molecule has 0 atom stereocenters. The monoisotopic (exact) mass is 544 g/mol. The van der Waals surface area contributed by atoms with Crippen molar-refractivity contribution in [2.24, 2.45) is 5.41 Å². The van der Waals surface area contributed by atoms with Gasteiger partial charge in [0.05, 0.1) is 12.7 Å². The summed E-state index contributed by atoms with van der Waals surface area (Å²) in [6.07, 6.45) is 4.19. The zero-order valence-corrected chi connectivity index (χ0v) is 22.9. The van der Waals surface area contributed by atoms with Crippen LogP contribution in [0.15, 0.2) is 72.8 Å². The molecule has 2 aliphatic heterocycles. The summed E-state index contributed by atoms with van der Waals surface area (Å²) >= 11 is 0. The summed E-state index contributed by atoms with van der Waals surface area (Å²) in [5, 5.41) is 8.95. The quantitative estimate of drug-likeness (QED) is 0.382. The molecule has 1 amide bonds. The van der Waals surface area contributed by atoms with E-state index in [0.717, 1.165) is 51.1 Å². The lowest BCUT2D eigenvalue weighted by atomic mass is 9.71. The molecule has 40 heavy (non-hydrogen) atoms. The van der Waals surface area contributed by atoms with Crippen LogP contribution in [-0.2, 0) is 11.3 Å². The number of aliphatic carboxylic acids is 1. The Kier molecular flexibility index (Phi) is 8.55. The number of amides is 1. The fourth-order valence-electron chi connectivity index (χ4n) is 5.74. The van der Waals surface area contributed by atoms with E-state index in [9.17, 15) is 9.59 Å². The van der Waals surface area contributed by atoms with E-state index in [1.54, 1.807) is 31.4 Å². The Bertz CT molecular complexity index is 1320. The van der Waals surface area contributed by atoms with E-state index in [2.05, 4.69) is 17.0 Å². The Morgan fingerprint density at radius 3 is 2.17 bits per heavy atom. The second-order valence-electron chi connectivity index (χ2n) is 10.6. The summed E-state index contributed by atoms with van der Waals surface area (Å²) in [6.45, 7) is 3.86. The van der Waals surface area contributed by atoms with Crippen molar-refractivity contribution in [3.05, 3.63) is 83.9 Å². The molecule has 0 radical (unpaired) electrons. The molecule has 0 aliphatic carbocycles. The molecule has 0 bridgehead atoms. The predicted octanol–water partition coefficient (Wildman–Crippen LogP) is 5.47. The number of carboxylic acid groups (broad SMARTS) is 1. The highest BCUT2D eigenvalue weighted by Crippen LogP contribution is 2.42. The van der Waals surface area contributed by atoms with Crippen LogP contribution in [0.4, 0.5) is 0 Å². The van der Waals surface area contributed by atoms with E-state index in [4.69, 9.17) is 19.3 Å². The Balaban J connectivity index is 1.13. The first-order valence-corrected chi connectivity index (χ1v) is 13.8. The summed E-state index contributed by atoms with van der Waals surface area (Å²) in [6, 6.07) is 22.8. The molecule has 1 N–H and O–H groups in total. The van der Waals surface area contributed by atoms with E-state index >= 15 is 0 Å². The normalized spacial score (nSPS) is 16.9. The van der Waals surface area contributed by atoms with Crippen molar-refractivity contribution < 1.29 is 28.9 Å². The van der Waals surface area contributed by atoms with Crippen LogP contribution < -0.4 is 14.2 Å². The number of ether oxygens (including phenoxy) is 3. The summed E-state index contributed by atoms with van der Waals surface area (Å²) in [5.74, 6) is 1.36. The van der Waals surface area contributed by atoms with Gasteiger partial charge in [0.1, 0.15) is 11.5 Å². The number of methoxy groups -OCH3 is 1. The zero-order valence-electron chi connectivity index (χ0n) is 22.9. The summed E-state index contributed by atoms with van der Waals surface area (Å²) in [5.41, 5.74) is 1.90. The van der Waals surface area contributed by atoms with Crippen LogP contribution in [0.25, 0.3) is 0 Å². The van der Waals surface area contributed by atoms with Gasteiger partial charge in [0.15, 0.2) is 18.1 Å². The van der Waals surface area contributed by atoms with E-state index in [-0.39, 0.29) is 11.3 Å². The molecule has 0 unspecified atom stereocenters. The Morgan fingerprint density at radius 1 is 0.825 bits per heavy atom. The number of hydrogen-bond donors (Lipinski definition) is 1. The molecule has 3 aromatic carbocycles. The van der Waals surface area contributed by atoms with Gasteiger partial charge in [-0.3, -0.25) is 9.69 Å². The fourth-order valence-corrected chi connectivity index (χ4v) is 5.74. The third kappa shape index (κ3) is 6.57. The Morgan fingerprint density at radius 2 is 1.48 bits per heavy atom. The molecule has 5 rings (SSSR count). The first-order chi connectivity index (χ1) is 19.4. The number of likely N-dealkylation sites (tertiary alicyclic amines) is 2. The van der Waals surface area contributed by atoms with Crippen LogP contribution >= 0.6 is 0 Å². The van der Waals surface area contributed by atoms with Gasteiger partial charge in [-0.1, -0.05) is 36.4 Å². The number of para-hydroxylation sites is 3. The highest BCUT2D eigenvalue weighted by atomic mass is 16.5. The fraction of sp³-hybridized carbons (Fsp3) is 0.375. The van der Waals surface area contributed by atoms with Crippen LogP contribution in [0.1, 0.15) is 41.6 Å². The Labute approximate surface area is 235 Å². The van der Waals surface area contributed by atoms with Crippen LogP contribution in [-0.4, -0.2) is 66.7 Å². The number of rotatable bonds is 9. The first kappa shape index (κ1) is 27.5. The topological polar surface area (TPSA) is 88.5 Å². The number of nitrogens with zero attached hydrogens (tertiary/aromatic N) is 2. The maximum Gasteiger partial charge on any atom is 0.341 e.